The Kier molecular flexibility index (Phi) is 7.03. The van der Waals surface area contributed by atoms with Crippen LogP contribution in [0.15, 0.2) is 42.7 Å². The number of nitrogens with one attached hydrogen (secondary N) is 1. The van der Waals surface area contributed by atoms with Crippen LogP contribution in [0.5, 0.6) is 0 Å². The fourth-order valence-corrected chi connectivity index (χ4v) is 4.01. The number of methoxy groups -OCH3 is 1. The zero-order chi connectivity index (χ0) is 23.4. The van der Waals surface area contributed by atoms with Crippen molar-refractivity contribution in [3.05, 3.63) is 59.7 Å². The maximum absolute atomic E-state index is 13.7. The third kappa shape index (κ3) is 5.57. The predicted molar refractivity (Wildman–Crippen MR) is 125 cm³/mol. The van der Waals surface area contributed by atoms with Crippen LogP contribution in [0, 0.1) is 11.7 Å². The summed E-state index contributed by atoms with van der Waals surface area (Å²) in [5.74, 6) is -0.108. The van der Waals surface area contributed by atoms with E-state index in [1.807, 2.05) is 9.47 Å². The molecule has 174 valence electrons. The van der Waals surface area contributed by atoms with Gasteiger partial charge >= 0.3 is 0 Å². The van der Waals surface area contributed by atoms with E-state index in [2.05, 4.69) is 17.2 Å². The standard InChI is InChI=1S/C25H29FN4O3/c1-3-10-29(13-17-4-5-17)25(32)21-11-20(28-23(31)15-33-2)12-22-24(21)30(16-27-22)14-18-6-8-19(26)9-7-18/h6-9,11-12,16-17H,3-5,10,13-15H2,1-2H3,(H,28,31). The summed E-state index contributed by atoms with van der Waals surface area (Å²) >= 11 is 0. The number of nitrogens with zero attached hydrogens (tertiary/aromatic N) is 3. The largest absolute Gasteiger partial charge is 0.375 e. The molecule has 8 heteroatoms. The monoisotopic (exact) mass is 452 g/mol. The van der Waals surface area contributed by atoms with Crippen molar-refractivity contribution in [1.82, 2.24) is 14.5 Å². The van der Waals surface area contributed by atoms with Crippen LogP contribution < -0.4 is 5.32 Å². The maximum Gasteiger partial charge on any atom is 0.256 e. The molecule has 7 nitrogen and oxygen atoms in total. The van der Waals surface area contributed by atoms with Crippen molar-refractivity contribution in [2.24, 2.45) is 5.92 Å². The molecule has 1 aromatic heterocycles. The van der Waals surface area contributed by atoms with E-state index in [-0.39, 0.29) is 24.2 Å². The summed E-state index contributed by atoms with van der Waals surface area (Å²) in [6.45, 7) is 3.83. The Bertz CT molecular complexity index is 1140. The lowest BCUT2D eigenvalue weighted by Crippen LogP contribution is -2.34. The molecule has 3 aromatic rings. The van der Waals surface area contributed by atoms with E-state index in [1.165, 1.54) is 19.2 Å². The van der Waals surface area contributed by atoms with Gasteiger partial charge in [0.1, 0.15) is 12.4 Å². The smallest absolute Gasteiger partial charge is 0.256 e. The summed E-state index contributed by atoms with van der Waals surface area (Å²) in [6, 6.07) is 9.75. The van der Waals surface area contributed by atoms with Gasteiger partial charge in [-0.15, -0.1) is 0 Å². The van der Waals surface area contributed by atoms with Crippen LogP contribution >= 0.6 is 0 Å². The number of imidazole rings is 1. The Morgan fingerprint density at radius 1 is 1.24 bits per heavy atom. The first-order chi connectivity index (χ1) is 16.0. The molecule has 0 spiro atoms. The zero-order valence-electron chi connectivity index (χ0n) is 19.0. The topological polar surface area (TPSA) is 76.5 Å². The molecule has 1 fully saturated rings. The first-order valence-corrected chi connectivity index (χ1v) is 11.3. The Hall–Kier alpha value is -3.26. The van der Waals surface area contributed by atoms with Gasteiger partial charge in [0, 0.05) is 32.4 Å². The van der Waals surface area contributed by atoms with Gasteiger partial charge in [-0.2, -0.15) is 0 Å². The molecule has 0 bridgehead atoms. The highest BCUT2D eigenvalue weighted by Gasteiger charge is 2.28. The number of hydrogen-bond acceptors (Lipinski definition) is 4. The molecule has 1 aliphatic rings. The number of amides is 2. The predicted octanol–water partition coefficient (Wildman–Crippen LogP) is 4.07. The molecule has 0 atom stereocenters. The van der Waals surface area contributed by atoms with E-state index in [0.717, 1.165) is 31.4 Å². The van der Waals surface area contributed by atoms with Gasteiger partial charge < -0.3 is 19.5 Å². The lowest BCUT2D eigenvalue weighted by Gasteiger charge is -2.23. The summed E-state index contributed by atoms with van der Waals surface area (Å²) in [5, 5.41) is 2.79. The second-order valence-electron chi connectivity index (χ2n) is 8.57. The normalized spacial score (nSPS) is 13.3. The number of hydrogen-bond donors (Lipinski definition) is 1. The van der Waals surface area contributed by atoms with Gasteiger partial charge in [0.2, 0.25) is 5.91 Å². The van der Waals surface area contributed by atoms with Crippen molar-refractivity contribution in [2.75, 3.05) is 32.1 Å². The fourth-order valence-electron chi connectivity index (χ4n) is 4.01. The minimum atomic E-state index is -0.301. The molecule has 1 heterocycles. The van der Waals surface area contributed by atoms with Crippen molar-refractivity contribution >= 4 is 28.5 Å². The molecule has 0 saturated heterocycles. The highest BCUT2D eigenvalue weighted by atomic mass is 19.1. The van der Waals surface area contributed by atoms with Gasteiger partial charge in [0.05, 0.1) is 22.9 Å². The van der Waals surface area contributed by atoms with Crippen molar-refractivity contribution in [3.63, 3.8) is 0 Å². The van der Waals surface area contributed by atoms with E-state index in [9.17, 15) is 14.0 Å². The number of carbonyl (C=O) groups is 2. The third-order valence-electron chi connectivity index (χ3n) is 5.73. The average Bonchev–Trinajstić information content (AvgIpc) is 3.53. The molecular weight excluding hydrogens is 423 g/mol. The second-order valence-corrected chi connectivity index (χ2v) is 8.57. The van der Waals surface area contributed by atoms with Crippen molar-refractivity contribution in [1.29, 1.82) is 0 Å². The Labute approximate surface area is 192 Å². The van der Waals surface area contributed by atoms with Crippen LogP contribution in [0.4, 0.5) is 10.1 Å². The molecule has 1 saturated carbocycles. The summed E-state index contributed by atoms with van der Waals surface area (Å²) in [7, 11) is 1.45. The van der Waals surface area contributed by atoms with Crippen LogP contribution in [0.25, 0.3) is 11.0 Å². The zero-order valence-corrected chi connectivity index (χ0v) is 19.0. The fraction of sp³-hybridized carbons (Fsp3) is 0.400. The van der Waals surface area contributed by atoms with Gasteiger partial charge in [0.25, 0.3) is 5.91 Å². The molecule has 4 rings (SSSR count). The summed E-state index contributed by atoms with van der Waals surface area (Å²) in [4.78, 5) is 32.2. The Morgan fingerprint density at radius 2 is 2.00 bits per heavy atom. The van der Waals surface area contributed by atoms with E-state index in [1.54, 1.807) is 30.6 Å². The molecule has 2 aromatic carbocycles. The van der Waals surface area contributed by atoms with E-state index < -0.39 is 0 Å². The minimum Gasteiger partial charge on any atom is -0.375 e. The van der Waals surface area contributed by atoms with E-state index in [4.69, 9.17) is 4.74 Å². The number of rotatable bonds is 10. The van der Waals surface area contributed by atoms with Crippen LogP contribution in [-0.2, 0) is 16.1 Å². The van der Waals surface area contributed by atoms with Crippen LogP contribution in [0.1, 0.15) is 42.1 Å². The van der Waals surface area contributed by atoms with E-state index in [0.29, 0.717) is 41.3 Å². The van der Waals surface area contributed by atoms with Gasteiger partial charge in [-0.3, -0.25) is 9.59 Å². The van der Waals surface area contributed by atoms with Crippen LogP contribution in [0.3, 0.4) is 0 Å². The first-order valence-electron chi connectivity index (χ1n) is 11.3. The Morgan fingerprint density at radius 3 is 2.67 bits per heavy atom. The molecule has 33 heavy (non-hydrogen) atoms. The number of carbonyl (C=O) groups excluding carboxylic acids is 2. The van der Waals surface area contributed by atoms with Gasteiger partial charge in [-0.05, 0) is 55.0 Å². The highest BCUT2D eigenvalue weighted by molar-refractivity contribution is 6.07. The number of aromatic nitrogens is 2. The van der Waals surface area contributed by atoms with E-state index >= 15 is 0 Å². The molecule has 2 amide bonds. The third-order valence-corrected chi connectivity index (χ3v) is 5.73. The van der Waals surface area contributed by atoms with Crippen molar-refractivity contribution in [3.8, 4) is 0 Å². The maximum atomic E-state index is 13.7. The molecule has 0 unspecified atom stereocenters. The number of ether oxygens (including phenoxy) is 1. The highest BCUT2D eigenvalue weighted by Crippen LogP contribution is 2.31. The summed E-state index contributed by atoms with van der Waals surface area (Å²) < 4.78 is 20.2. The quantitative estimate of drug-likeness (QED) is 0.503. The van der Waals surface area contributed by atoms with Crippen LogP contribution in [0.2, 0.25) is 0 Å². The average molecular weight is 453 g/mol. The number of benzene rings is 2. The molecule has 0 radical (unpaired) electrons. The van der Waals surface area contributed by atoms with Gasteiger partial charge in [-0.25, -0.2) is 9.37 Å². The second kappa shape index (κ2) is 10.1. The van der Waals surface area contributed by atoms with Crippen LogP contribution in [-0.4, -0.2) is 53.1 Å². The number of fused-ring (bicyclic) bond motifs is 1. The molecule has 1 aliphatic carbocycles. The molecule has 1 N–H and O–H groups in total. The SMILES string of the molecule is CCCN(CC1CC1)C(=O)c1cc(NC(=O)COC)cc2ncn(Cc3ccc(F)cc3)c12. The Balaban J connectivity index is 1.74. The summed E-state index contributed by atoms with van der Waals surface area (Å²) in [6.07, 6.45) is 4.84. The lowest BCUT2D eigenvalue weighted by molar-refractivity contribution is -0.119. The molecular formula is C25H29FN4O3. The minimum absolute atomic E-state index is 0.0718. The number of anilines is 1. The first kappa shape index (κ1) is 22.9. The number of halogens is 1. The lowest BCUT2D eigenvalue weighted by atomic mass is 10.1. The van der Waals surface area contributed by atoms with Gasteiger partial charge in [-0.1, -0.05) is 19.1 Å². The van der Waals surface area contributed by atoms with Crippen molar-refractivity contribution in [2.45, 2.75) is 32.7 Å². The van der Waals surface area contributed by atoms with Gasteiger partial charge in [0.15, 0.2) is 0 Å². The van der Waals surface area contributed by atoms with Crippen molar-refractivity contribution < 1.29 is 18.7 Å². The summed E-state index contributed by atoms with van der Waals surface area (Å²) in [5.41, 5.74) is 3.20. The molecule has 0 aliphatic heterocycles.